The van der Waals surface area contributed by atoms with Crippen LogP contribution in [0.25, 0.3) is 0 Å². The number of piperazine rings is 1. The van der Waals surface area contributed by atoms with Crippen LogP contribution in [-0.2, 0) is 11.2 Å². The first-order valence-corrected chi connectivity index (χ1v) is 8.29. The van der Waals surface area contributed by atoms with Crippen molar-refractivity contribution in [3.63, 3.8) is 0 Å². The molecule has 0 saturated carbocycles. The van der Waals surface area contributed by atoms with Crippen LogP contribution in [0.4, 0.5) is 11.5 Å². The Bertz CT molecular complexity index is 651. The number of hydrogen-bond donors (Lipinski definition) is 1. The van der Waals surface area contributed by atoms with E-state index in [9.17, 15) is 4.79 Å². The van der Waals surface area contributed by atoms with Crippen molar-refractivity contribution in [2.75, 3.05) is 43.4 Å². The topological polar surface area (TPSA) is 61.4 Å². The van der Waals surface area contributed by atoms with Gasteiger partial charge in [-0.15, -0.1) is 0 Å². The van der Waals surface area contributed by atoms with E-state index in [1.165, 1.54) is 0 Å². The van der Waals surface area contributed by atoms with E-state index in [4.69, 9.17) is 0 Å². The molecular formula is C18H23N5O. The number of likely N-dealkylation sites (N-methyl/N-ethyl adjacent to an activating group) is 1. The van der Waals surface area contributed by atoms with Crippen LogP contribution in [0.1, 0.15) is 12.0 Å². The average molecular weight is 325 g/mol. The fourth-order valence-corrected chi connectivity index (χ4v) is 2.72. The number of nitrogens with one attached hydrogen (secondary N) is 1. The van der Waals surface area contributed by atoms with Crippen molar-refractivity contribution >= 4 is 17.4 Å². The average Bonchev–Trinajstić information content (AvgIpc) is 2.62. The van der Waals surface area contributed by atoms with E-state index < -0.39 is 0 Å². The van der Waals surface area contributed by atoms with Crippen LogP contribution in [0.5, 0.6) is 0 Å². The van der Waals surface area contributed by atoms with E-state index >= 15 is 0 Å². The van der Waals surface area contributed by atoms with E-state index in [2.05, 4.69) is 32.1 Å². The Kier molecular flexibility index (Phi) is 5.38. The summed E-state index contributed by atoms with van der Waals surface area (Å²) in [7, 11) is 2.14. The zero-order valence-corrected chi connectivity index (χ0v) is 14.0. The van der Waals surface area contributed by atoms with Crippen molar-refractivity contribution in [2.24, 2.45) is 0 Å². The summed E-state index contributed by atoms with van der Waals surface area (Å²) >= 11 is 0. The molecule has 1 saturated heterocycles. The lowest BCUT2D eigenvalue weighted by Gasteiger charge is -2.33. The highest BCUT2D eigenvalue weighted by atomic mass is 16.1. The second-order valence-electron chi connectivity index (χ2n) is 6.10. The molecule has 6 nitrogen and oxygen atoms in total. The van der Waals surface area contributed by atoms with Crippen molar-refractivity contribution in [1.29, 1.82) is 0 Å². The number of hydrogen-bond acceptors (Lipinski definition) is 5. The fourth-order valence-electron chi connectivity index (χ4n) is 2.72. The zero-order valence-electron chi connectivity index (χ0n) is 14.0. The lowest BCUT2D eigenvalue weighted by Crippen LogP contribution is -2.44. The first-order valence-electron chi connectivity index (χ1n) is 8.29. The Labute approximate surface area is 142 Å². The van der Waals surface area contributed by atoms with Gasteiger partial charge < -0.3 is 15.1 Å². The second-order valence-corrected chi connectivity index (χ2v) is 6.10. The number of aryl methyl sites for hydroxylation is 1. The van der Waals surface area contributed by atoms with E-state index in [-0.39, 0.29) is 5.91 Å². The molecule has 0 unspecified atom stereocenters. The molecule has 24 heavy (non-hydrogen) atoms. The van der Waals surface area contributed by atoms with Gasteiger partial charge in [0, 0.05) is 45.0 Å². The lowest BCUT2D eigenvalue weighted by atomic mass is 10.1. The Morgan fingerprint density at radius 3 is 2.67 bits per heavy atom. The molecule has 0 aliphatic carbocycles. The third-order valence-corrected chi connectivity index (χ3v) is 4.25. The summed E-state index contributed by atoms with van der Waals surface area (Å²) in [5, 5.41) is 2.85. The maximum absolute atomic E-state index is 12.0. The molecule has 1 aliphatic heterocycles. The van der Waals surface area contributed by atoms with Gasteiger partial charge in [-0.2, -0.15) is 0 Å². The molecule has 0 aromatic carbocycles. The minimum Gasteiger partial charge on any atom is -0.368 e. The summed E-state index contributed by atoms with van der Waals surface area (Å²) in [5.74, 6) is 0.572. The molecule has 1 aliphatic rings. The number of nitrogens with zero attached hydrogens (tertiary/aromatic N) is 4. The van der Waals surface area contributed by atoms with Gasteiger partial charge in [-0.3, -0.25) is 9.78 Å². The van der Waals surface area contributed by atoms with Crippen molar-refractivity contribution in [2.45, 2.75) is 12.8 Å². The summed E-state index contributed by atoms with van der Waals surface area (Å²) in [6.07, 6.45) is 6.46. The minimum absolute atomic E-state index is 0.0290. The molecule has 1 N–H and O–H groups in total. The van der Waals surface area contributed by atoms with Gasteiger partial charge in [-0.1, -0.05) is 6.07 Å². The summed E-state index contributed by atoms with van der Waals surface area (Å²) in [6.45, 7) is 4.14. The first-order chi connectivity index (χ1) is 11.7. The van der Waals surface area contributed by atoms with Gasteiger partial charge in [0.05, 0.1) is 11.9 Å². The zero-order chi connectivity index (χ0) is 16.8. The standard InChI is InChI=1S/C18H23N5O/c1-22-9-11-23(12-10-22)16-5-6-17(20-14-16)21-18(24)7-4-15-3-2-8-19-13-15/h2-3,5-6,8,13-14H,4,7,9-12H2,1H3,(H,20,21,24). The highest BCUT2D eigenvalue weighted by Crippen LogP contribution is 2.17. The van der Waals surface area contributed by atoms with Crippen LogP contribution in [-0.4, -0.2) is 54.0 Å². The Morgan fingerprint density at radius 2 is 2.00 bits per heavy atom. The van der Waals surface area contributed by atoms with Gasteiger partial charge in [-0.05, 0) is 37.2 Å². The molecule has 0 spiro atoms. The Hall–Kier alpha value is -2.47. The normalized spacial score (nSPS) is 15.3. The predicted octanol–water partition coefficient (Wildman–Crippen LogP) is 1.80. The highest BCUT2D eigenvalue weighted by Gasteiger charge is 2.14. The number of pyridine rings is 2. The molecule has 2 aromatic heterocycles. The largest absolute Gasteiger partial charge is 0.368 e. The summed E-state index contributed by atoms with van der Waals surface area (Å²) in [6, 6.07) is 7.75. The summed E-state index contributed by atoms with van der Waals surface area (Å²) in [5.41, 5.74) is 2.17. The third-order valence-electron chi connectivity index (χ3n) is 4.25. The molecule has 1 fully saturated rings. The molecule has 3 rings (SSSR count). The van der Waals surface area contributed by atoms with Crippen LogP contribution in [0.15, 0.2) is 42.9 Å². The van der Waals surface area contributed by atoms with E-state index in [1.54, 1.807) is 12.4 Å². The quantitative estimate of drug-likeness (QED) is 0.908. The Morgan fingerprint density at radius 1 is 1.17 bits per heavy atom. The van der Waals surface area contributed by atoms with Gasteiger partial charge in [-0.25, -0.2) is 4.98 Å². The first kappa shape index (κ1) is 16.4. The molecule has 126 valence electrons. The molecule has 0 bridgehead atoms. The van der Waals surface area contributed by atoms with E-state index in [0.29, 0.717) is 18.7 Å². The fraction of sp³-hybridized carbons (Fsp3) is 0.389. The predicted molar refractivity (Wildman–Crippen MR) is 95.1 cm³/mol. The Balaban J connectivity index is 1.49. The maximum atomic E-state index is 12.0. The SMILES string of the molecule is CN1CCN(c2ccc(NC(=O)CCc3cccnc3)nc2)CC1. The smallest absolute Gasteiger partial charge is 0.225 e. The lowest BCUT2D eigenvalue weighted by molar-refractivity contribution is -0.116. The summed E-state index contributed by atoms with van der Waals surface area (Å²) in [4.78, 5) is 25.1. The number of rotatable bonds is 5. The number of carbonyl (C=O) groups is 1. The maximum Gasteiger partial charge on any atom is 0.225 e. The molecule has 6 heteroatoms. The third kappa shape index (κ3) is 4.52. The molecule has 0 radical (unpaired) electrons. The number of anilines is 2. The number of amides is 1. The summed E-state index contributed by atoms with van der Waals surface area (Å²) < 4.78 is 0. The van der Waals surface area contributed by atoms with Gasteiger partial charge in [0.2, 0.25) is 5.91 Å². The van der Waals surface area contributed by atoms with Crippen LogP contribution in [0, 0.1) is 0 Å². The minimum atomic E-state index is -0.0290. The molecule has 3 heterocycles. The van der Waals surface area contributed by atoms with Crippen LogP contribution in [0.3, 0.4) is 0 Å². The highest BCUT2D eigenvalue weighted by molar-refractivity contribution is 5.89. The molecule has 0 atom stereocenters. The van der Waals surface area contributed by atoms with E-state index in [0.717, 1.165) is 37.4 Å². The van der Waals surface area contributed by atoms with Crippen molar-refractivity contribution in [1.82, 2.24) is 14.9 Å². The molecule has 1 amide bonds. The van der Waals surface area contributed by atoms with Gasteiger partial charge in [0.25, 0.3) is 0 Å². The van der Waals surface area contributed by atoms with Crippen molar-refractivity contribution in [3.8, 4) is 0 Å². The molecule has 2 aromatic rings. The van der Waals surface area contributed by atoms with Gasteiger partial charge >= 0.3 is 0 Å². The van der Waals surface area contributed by atoms with Crippen molar-refractivity contribution < 1.29 is 4.79 Å². The van der Waals surface area contributed by atoms with Crippen LogP contribution in [0.2, 0.25) is 0 Å². The van der Waals surface area contributed by atoms with Crippen molar-refractivity contribution in [3.05, 3.63) is 48.4 Å². The number of carbonyl (C=O) groups excluding carboxylic acids is 1. The monoisotopic (exact) mass is 325 g/mol. The molecular weight excluding hydrogens is 302 g/mol. The van der Waals surface area contributed by atoms with Gasteiger partial charge in [0.1, 0.15) is 5.82 Å². The second kappa shape index (κ2) is 7.88. The van der Waals surface area contributed by atoms with Crippen LogP contribution < -0.4 is 10.2 Å². The van der Waals surface area contributed by atoms with Gasteiger partial charge in [0.15, 0.2) is 0 Å². The number of aromatic nitrogens is 2. The van der Waals surface area contributed by atoms with Crippen LogP contribution >= 0.6 is 0 Å². The van der Waals surface area contributed by atoms with E-state index in [1.807, 2.05) is 30.5 Å².